The van der Waals surface area contributed by atoms with Crippen LogP contribution in [0.2, 0.25) is 0 Å². The number of hydrogen-bond acceptors (Lipinski definition) is 4. The average Bonchev–Trinajstić information content (AvgIpc) is 2.80. The van der Waals surface area contributed by atoms with E-state index in [1.165, 1.54) is 12.3 Å². The van der Waals surface area contributed by atoms with Gasteiger partial charge in [-0.25, -0.2) is 0 Å². The van der Waals surface area contributed by atoms with Crippen LogP contribution < -0.4 is 4.74 Å². The number of ether oxygens (including phenoxy) is 1. The van der Waals surface area contributed by atoms with Gasteiger partial charge in [0.05, 0.1) is 11.2 Å². The summed E-state index contributed by atoms with van der Waals surface area (Å²) >= 11 is 3.18. The Morgan fingerprint density at radius 1 is 1.41 bits per heavy atom. The van der Waals surface area contributed by atoms with E-state index in [1.807, 2.05) is 0 Å². The highest BCUT2D eigenvalue weighted by molar-refractivity contribution is 9.10. The van der Waals surface area contributed by atoms with Crippen LogP contribution in [0, 0.1) is 10.1 Å². The summed E-state index contributed by atoms with van der Waals surface area (Å²) in [6.45, 7) is 0.162. The first-order valence-electron chi connectivity index (χ1n) is 4.76. The zero-order chi connectivity index (χ0) is 12.3. The van der Waals surface area contributed by atoms with Crippen LogP contribution in [-0.2, 0) is 6.61 Å². The van der Waals surface area contributed by atoms with Gasteiger partial charge in [0.25, 0.3) is 0 Å². The van der Waals surface area contributed by atoms with E-state index in [2.05, 4.69) is 15.9 Å². The van der Waals surface area contributed by atoms with E-state index in [1.54, 1.807) is 24.3 Å². The fourth-order valence-corrected chi connectivity index (χ4v) is 1.65. The molecule has 0 atom stereocenters. The highest BCUT2D eigenvalue weighted by atomic mass is 79.9. The van der Waals surface area contributed by atoms with Crippen molar-refractivity contribution in [2.24, 2.45) is 0 Å². The maximum atomic E-state index is 10.8. The number of hydrogen-bond donors (Lipinski definition) is 0. The van der Waals surface area contributed by atoms with Gasteiger partial charge in [0, 0.05) is 10.5 Å². The zero-order valence-electron chi connectivity index (χ0n) is 8.63. The molecule has 2 aromatic rings. The van der Waals surface area contributed by atoms with Crippen molar-refractivity contribution in [2.75, 3.05) is 0 Å². The van der Waals surface area contributed by atoms with Crippen molar-refractivity contribution in [3.05, 3.63) is 56.9 Å². The van der Waals surface area contributed by atoms with Crippen molar-refractivity contribution in [3.8, 4) is 5.75 Å². The van der Waals surface area contributed by atoms with Gasteiger partial charge in [0.1, 0.15) is 12.4 Å². The molecule has 0 spiro atoms. The van der Waals surface area contributed by atoms with Crippen LogP contribution in [-0.4, -0.2) is 4.92 Å². The average molecular weight is 298 g/mol. The SMILES string of the molecule is O=[N+]([O-])c1cc(Br)ccc1OCc1ccco1. The van der Waals surface area contributed by atoms with Crippen LogP contribution in [0.5, 0.6) is 5.75 Å². The van der Waals surface area contributed by atoms with Gasteiger partial charge in [0.15, 0.2) is 5.75 Å². The molecule has 0 N–H and O–H groups in total. The van der Waals surface area contributed by atoms with Gasteiger partial charge in [0.2, 0.25) is 0 Å². The first-order valence-corrected chi connectivity index (χ1v) is 5.55. The molecule has 1 aromatic carbocycles. The second-order valence-corrected chi connectivity index (χ2v) is 4.15. The summed E-state index contributed by atoms with van der Waals surface area (Å²) in [6.07, 6.45) is 1.52. The second kappa shape index (κ2) is 5.01. The smallest absolute Gasteiger partial charge is 0.312 e. The van der Waals surface area contributed by atoms with E-state index in [9.17, 15) is 10.1 Å². The predicted octanol–water partition coefficient (Wildman–Crippen LogP) is 3.53. The Hall–Kier alpha value is -1.82. The summed E-state index contributed by atoms with van der Waals surface area (Å²) in [4.78, 5) is 10.3. The third-order valence-corrected chi connectivity index (χ3v) is 2.56. The highest BCUT2D eigenvalue weighted by Gasteiger charge is 2.15. The minimum Gasteiger partial charge on any atom is -0.479 e. The monoisotopic (exact) mass is 297 g/mol. The van der Waals surface area contributed by atoms with E-state index >= 15 is 0 Å². The van der Waals surface area contributed by atoms with Crippen molar-refractivity contribution < 1.29 is 14.1 Å². The van der Waals surface area contributed by atoms with Gasteiger partial charge < -0.3 is 9.15 Å². The minimum absolute atomic E-state index is 0.0778. The molecular formula is C11H8BrNO4. The quantitative estimate of drug-likeness (QED) is 0.639. The van der Waals surface area contributed by atoms with Crippen LogP contribution >= 0.6 is 15.9 Å². The first kappa shape index (κ1) is 11.7. The predicted molar refractivity (Wildman–Crippen MR) is 63.8 cm³/mol. The molecule has 5 nitrogen and oxygen atoms in total. The number of furan rings is 1. The number of nitro groups is 1. The summed E-state index contributed by atoms with van der Waals surface area (Å²) in [7, 11) is 0. The van der Waals surface area contributed by atoms with E-state index in [4.69, 9.17) is 9.15 Å². The Morgan fingerprint density at radius 2 is 2.24 bits per heavy atom. The van der Waals surface area contributed by atoms with Crippen molar-refractivity contribution in [1.82, 2.24) is 0 Å². The summed E-state index contributed by atoms with van der Waals surface area (Å²) in [5, 5.41) is 10.8. The highest BCUT2D eigenvalue weighted by Crippen LogP contribution is 2.30. The normalized spacial score (nSPS) is 10.2. The fourth-order valence-electron chi connectivity index (χ4n) is 1.30. The number of nitrogens with zero attached hydrogens (tertiary/aromatic N) is 1. The summed E-state index contributed by atoms with van der Waals surface area (Å²) in [5.74, 6) is 0.830. The lowest BCUT2D eigenvalue weighted by atomic mass is 10.3. The molecule has 0 bridgehead atoms. The molecule has 0 aliphatic heterocycles. The van der Waals surface area contributed by atoms with Crippen molar-refractivity contribution in [1.29, 1.82) is 0 Å². The van der Waals surface area contributed by atoms with Gasteiger partial charge >= 0.3 is 5.69 Å². The van der Waals surface area contributed by atoms with Crippen LogP contribution in [0.4, 0.5) is 5.69 Å². The topological polar surface area (TPSA) is 65.5 Å². The Labute approximate surface area is 105 Å². The minimum atomic E-state index is -0.484. The van der Waals surface area contributed by atoms with E-state index in [-0.39, 0.29) is 18.0 Å². The van der Waals surface area contributed by atoms with Crippen LogP contribution in [0.3, 0.4) is 0 Å². The van der Waals surface area contributed by atoms with Crippen LogP contribution in [0.25, 0.3) is 0 Å². The standard InChI is InChI=1S/C11H8BrNO4/c12-8-3-4-11(10(6-8)13(14)15)17-7-9-2-1-5-16-9/h1-6H,7H2. The van der Waals surface area contributed by atoms with Gasteiger partial charge in [-0.15, -0.1) is 0 Å². The molecule has 6 heteroatoms. The first-order chi connectivity index (χ1) is 8.16. The van der Waals surface area contributed by atoms with Gasteiger partial charge in [-0.2, -0.15) is 0 Å². The molecule has 0 fully saturated rings. The molecule has 1 aromatic heterocycles. The summed E-state index contributed by atoms with van der Waals surface area (Å²) < 4.78 is 11.1. The molecule has 2 rings (SSSR count). The maximum absolute atomic E-state index is 10.8. The maximum Gasteiger partial charge on any atom is 0.312 e. The molecule has 0 saturated heterocycles. The molecule has 1 heterocycles. The Bertz CT molecular complexity index is 524. The number of benzene rings is 1. The number of halogens is 1. The molecule has 88 valence electrons. The lowest BCUT2D eigenvalue weighted by Gasteiger charge is -2.05. The largest absolute Gasteiger partial charge is 0.479 e. The lowest BCUT2D eigenvalue weighted by molar-refractivity contribution is -0.386. The molecule has 0 amide bonds. The Balaban J connectivity index is 2.17. The molecule has 0 aliphatic carbocycles. The Morgan fingerprint density at radius 3 is 2.88 bits per heavy atom. The van der Waals surface area contributed by atoms with E-state index in [0.29, 0.717) is 10.2 Å². The van der Waals surface area contributed by atoms with Crippen molar-refractivity contribution >= 4 is 21.6 Å². The number of nitro benzene ring substituents is 1. The molecule has 0 aliphatic rings. The fraction of sp³-hybridized carbons (Fsp3) is 0.0909. The second-order valence-electron chi connectivity index (χ2n) is 3.24. The molecule has 17 heavy (non-hydrogen) atoms. The van der Waals surface area contributed by atoms with E-state index in [0.717, 1.165) is 0 Å². The molecule has 0 saturated carbocycles. The third kappa shape index (κ3) is 2.85. The third-order valence-electron chi connectivity index (χ3n) is 2.07. The van der Waals surface area contributed by atoms with Crippen molar-refractivity contribution in [2.45, 2.75) is 6.61 Å². The number of rotatable bonds is 4. The Kier molecular flexibility index (Phi) is 3.43. The lowest BCUT2D eigenvalue weighted by Crippen LogP contribution is -1.98. The van der Waals surface area contributed by atoms with Gasteiger partial charge in [-0.1, -0.05) is 15.9 Å². The molecule has 0 radical (unpaired) electrons. The van der Waals surface area contributed by atoms with E-state index < -0.39 is 4.92 Å². The summed E-state index contributed by atoms with van der Waals surface area (Å²) in [5.41, 5.74) is -0.0778. The molecular weight excluding hydrogens is 290 g/mol. The van der Waals surface area contributed by atoms with Crippen LogP contribution in [0.15, 0.2) is 45.5 Å². The van der Waals surface area contributed by atoms with Crippen LogP contribution in [0.1, 0.15) is 5.76 Å². The molecule has 0 unspecified atom stereocenters. The van der Waals surface area contributed by atoms with Gasteiger partial charge in [-0.05, 0) is 24.3 Å². The summed E-state index contributed by atoms with van der Waals surface area (Å²) in [6, 6.07) is 8.10. The van der Waals surface area contributed by atoms with Crippen molar-refractivity contribution in [3.63, 3.8) is 0 Å². The zero-order valence-corrected chi connectivity index (χ0v) is 10.2. The van der Waals surface area contributed by atoms with Gasteiger partial charge in [-0.3, -0.25) is 10.1 Å².